The molecular formula is C25H21N5O2. The predicted molar refractivity (Wildman–Crippen MR) is 127 cm³/mol. The highest BCUT2D eigenvalue weighted by Gasteiger charge is 2.03. The van der Waals surface area contributed by atoms with Crippen molar-refractivity contribution in [3.05, 3.63) is 96.6 Å². The van der Waals surface area contributed by atoms with E-state index in [2.05, 4.69) is 26.1 Å². The molecule has 158 valence electrons. The molecule has 7 heteroatoms. The molecule has 0 fully saturated rings. The molecule has 4 rings (SSSR count). The lowest BCUT2D eigenvalue weighted by Crippen LogP contribution is -2.25. The number of nitrogens with zero attached hydrogens (tertiary/aromatic N) is 3. The third-order valence-corrected chi connectivity index (χ3v) is 4.64. The number of hydrogen-bond acceptors (Lipinski definition) is 6. The van der Waals surface area contributed by atoms with E-state index in [1.54, 1.807) is 12.1 Å². The molecule has 3 N–H and O–H groups in total. The average Bonchev–Trinajstić information content (AvgIpc) is 2.83. The summed E-state index contributed by atoms with van der Waals surface area (Å²) in [5, 5.41) is 27.6. The number of carbonyl (C=O) groups excluding carboxylic acids is 1. The monoisotopic (exact) mass is 423 g/mol. The second-order valence-corrected chi connectivity index (χ2v) is 6.99. The summed E-state index contributed by atoms with van der Waals surface area (Å²) in [4.78, 5) is 12.1. The van der Waals surface area contributed by atoms with Crippen LogP contribution in [-0.2, 0) is 4.79 Å². The fourth-order valence-electron chi connectivity index (χ4n) is 3.01. The first kappa shape index (κ1) is 20.7. The maximum absolute atomic E-state index is 12.1. The van der Waals surface area contributed by atoms with Crippen molar-refractivity contribution in [3.63, 3.8) is 0 Å². The Bertz CT molecular complexity index is 1290. The van der Waals surface area contributed by atoms with Gasteiger partial charge in [-0.15, -0.1) is 0 Å². The molecule has 0 aliphatic heterocycles. The summed E-state index contributed by atoms with van der Waals surface area (Å²) >= 11 is 0. The highest BCUT2D eigenvalue weighted by Crippen LogP contribution is 2.24. The zero-order valence-corrected chi connectivity index (χ0v) is 17.1. The highest BCUT2D eigenvalue weighted by molar-refractivity contribution is 5.88. The van der Waals surface area contributed by atoms with Crippen LogP contribution in [0.3, 0.4) is 0 Å². The molecule has 4 aromatic rings. The fraction of sp³-hybridized carbons (Fsp3) is 0.0400. The molecular weight excluding hydrogens is 402 g/mol. The predicted octanol–water partition coefficient (Wildman–Crippen LogP) is 5.52. The van der Waals surface area contributed by atoms with E-state index < -0.39 is 0 Å². The van der Waals surface area contributed by atoms with Crippen molar-refractivity contribution in [2.24, 2.45) is 15.3 Å². The molecule has 7 nitrogen and oxygen atoms in total. The number of amides is 1. The zero-order chi connectivity index (χ0) is 22.2. The molecule has 0 aliphatic carbocycles. The number of fused-ring (bicyclic) bond motifs is 1. The Balaban J connectivity index is 1.33. The number of benzene rings is 4. The maximum atomic E-state index is 12.1. The number of aromatic hydroxyl groups is 1. The number of phenols is 1. The van der Waals surface area contributed by atoms with Crippen LogP contribution in [0.1, 0.15) is 5.56 Å². The topological polar surface area (TPSA) is 98.4 Å². The van der Waals surface area contributed by atoms with E-state index in [1.807, 2.05) is 72.8 Å². The molecule has 1 amide bonds. The van der Waals surface area contributed by atoms with Crippen molar-refractivity contribution < 1.29 is 9.90 Å². The summed E-state index contributed by atoms with van der Waals surface area (Å²) < 4.78 is 0. The summed E-state index contributed by atoms with van der Waals surface area (Å²) in [6.07, 6.45) is 1.37. The molecule has 4 aromatic carbocycles. The number of carbonyl (C=O) groups is 1. The van der Waals surface area contributed by atoms with Crippen molar-refractivity contribution in [2.45, 2.75) is 0 Å². The number of hydrazone groups is 1. The smallest absolute Gasteiger partial charge is 0.259 e. The van der Waals surface area contributed by atoms with E-state index in [-0.39, 0.29) is 18.2 Å². The van der Waals surface area contributed by atoms with E-state index in [0.717, 1.165) is 22.1 Å². The summed E-state index contributed by atoms with van der Waals surface area (Å²) in [5.41, 5.74) is 4.98. The van der Waals surface area contributed by atoms with Crippen LogP contribution >= 0.6 is 0 Å². The minimum atomic E-state index is -0.311. The quantitative estimate of drug-likeness (QED) is 0.207. The van der Waals surface area contributed by atoms with Crippen molar-refractivity contribution in [1.29, 1.82) is 0 Å². The van der Waals surface area contributed by atoms with Gasteiger partial charge in [0.15, 0.2) is 0 Å². The van der Waals surface area contributed by atoms with Crippen molar-refractivity contribution in [2.75, 3.05) is 11.9 Å². The van der Waals surface area contributed by atoms with Crippen LogP contribution in [0.25, 0.3) is 10.8 Å². The lowest BCUT2D eigenvalue weighted by molar-refractivity contribution is -0.119. The normalized spacial score (nSPS) is 11.2. The largest absolute Gasteiger partial charge is 0.507 e. The minimum absolute atomic E-state index is 0.0240. The summed E-state index contributed by atoms with van der Waals surface area (Å²) in [6.45, 7) is 0.0625. The first-order chi connectivity index (χ1) is 15.7. The first-order valence-corrected chi connectivity index (χ1v) is 10.0. The van der Waals surface area contributed by atoms with Gasteiger partial charge in [-0.2, -0.15) is 15.3 Å². The highest BCUT2D eigenvalue weighted by atomic mass is 16.3. The molecule has 32 heavy (non-hydrogen) atoms. The van der Waals surface area contributed by atoms with E-state index in [1.165, 1.54) is 12.3 Å². The summed E-state index contributed by atoms with van der Waals surface area (Å²) in [7, 11) is 0. The standard InChI is InChI=1S/C25H21N5O2/c31-24-13-12-23(29-28-21-8-2-1-3-9-21)15-20(24)16-27-30-25(32)17-26-22-11-10-18-6-4-5-7-19(18)14-22/h1-16,26,31H,17H2,(H,30,32)/b27-16+,29-28?. The number of hydrogen-bond donors (Lipinski definition) is 3. The van der Waals surface area contributed by atoms with Crippen LogP contribution in [0.4, 0.5) is 17.1 Å². The van der Waals surface area contributed by atoms with Crippen LogP contribution < -0.4 is 10.7 Å². The van der Waals surface area contributed by atoms with Crippen LogP contribution in [0, 0.1) is 0 Å². The molecule has 0 saturated heterocycles. The maximum Gasteiger partial charge on any atom is 0.259 e. The Morgan fingerprint density at radius 2 is 1.56 bits per heavy atom. The van der Waals surface area contributed by atoms with Gasteiger partial charge in [0.2, 0.25) is 0 Å². The van der Waals surface area contributed by atoms with E-state index in [9.17, 15) is 9.90 Å². The zero-order valence-electron chi connectivity index (χ0n) is 17.1. The van der Waals surface area contributed by atoms with Gasteiger partial charge in [0.1, 0.15) is 5.75 Å². The Labute approximate surface area is 185 Å². The third kappa shape index (κ3) is 5.54. The van der Waals surface area contributed by atoms with Crippen LogP contribution in [0.15, 0.2) is 106 Å². The molecule has 0 heterocycles. The first-order valence-electron chi connectivity index (χ1n) is 10.0. The number of azo groups is 1. The molecule has 0 spiro atoms. The third-order valence-electron chi connectivity index (χ3n) is 4.64. The fourth-order valence-corrected chi connectivity index (χ4v) is 3.01. The molecule has 0 radical (unpaired) electrons. The van der Waals surface area contributed by atoms with Gasteiger partial charge in [-0.3, -0.25) is 4.79 Å². The van der Waals surface area contributed by atoms with Crippen molar-refractivity contribution in [3.8, 4) is 5.75 Å². The molecule has 0 aliphatic rings. The van der Waals surface area contributed by atoms with Gasteiger partial charge in [-0.05, 0) is 53.2 Å². The summed E-state index contributed by atoms with van der Waals surface area (Å²) in [6, 6.07) is 28.0. The number of rotatable bonds is 7. The van der Waals surface area contributed by atoms with Crippen LogP contribution in [-0.4, -0.2) is 23.8 Å². The Kier molecular flexibility index (Phi) is 6.48. The SMILES string of the molecule is O=C(CNc1ccc2ccccc2c1)N/N=C/c1cc(N=Nc2ccccc2)ccc1O. The average molecular weight is 423 g/mol. The summed E-state index contributed by atoms with van der Waals surface area (Å²) in [5.74, 6) is -0.287. The Hall–Kier alpha value is -4.52. The molecule has 0 aromatic heterocycles. The van der Waals surface area contributed by atoms with Crippen LogP contribution in [0.2, 0.25) is 0 Å². The van der Waals surface area contributed by atoms with E-state index >= 15 is 0 Å². The second kappa shape index (κ2) is 9.99. The Morgan fingerprint density at radius 1 is 0.812 bits per heavy atom. The van der Waals surface area contributed by atoms with Crippen molar-refractivity contribution >= 4 is 40.0 Å². The molecule has 0 unspecified atom stereocenters. The van der Waals surface area contributed by atoms with Crippen LogP contribution in [0.5, 0.6) is 5.75 Å². The van der Waals surface area contributed by atoms with E-state index in [0.29, 0.717) is 11.3 Å². The lowest BCUT2D eigenvalue weighted by atomic mass is 10.1. The van der Waals surface area contributed by atoms with Gasteiger partial charge < -0.3 is 10.4 Å². The van der Waals surface area contributed by atoms with E-state index in [4.69, 9.17) is 0 Å². The number of phenolic OH excluding ortho intramolecular Hbond substituents is 1. The molecule has 0 atom stereocenters. The van der Waals surface area contributed by atoms with Gasteiger partial charge in [-0.1, -0.05) is 48.5 Å². The minimum Gasteiger partial charge on any atom is -0.507 e. The molecule has 0 saturated carbocycles. The molecule has 0 bridgehead atoms. The lowest BCUT2D eigenvalue weighted by Gasteiger charge is -2.07. The van der Waals surface area contributed by atoms with Gasteiger partial charge in [0.05, 0.1) is 24.1 Å². The van der Waals surface area contributed by atoms with Gasteiger partial charge in [-0.25, -0.2) is 5.43 Å². The van der Waals surface area contributed by atoms with Crippen molar-refractivity contribution in [1.82, 2.24) is 5.43 Å². The second-order valence-electron chi connectivity index (χ2n) is 6.99. The van der Waals surface area contributed by atoms with Gasteiger partial charge in [0, 0.05) is 11.3 Å². The van der Waals surface area contributed by atoms with Gasteiger partial charge >= 0.3 is 0 Å². The number of anilines is 1. The Morgan fingerprint density at radius 3 is 2.41 bits per heavy atom. The van der Waals surface area contributed by atoms with Gasteiger partial charge in [0.25, 0.3) is 5.91 Å². The number of nitrogens with one attached hydrogen (secondary N) is 2.